The highest BCUT2D eigenvalue weighted by Gasteiger charge is 2.43. The normalized spacial score (nSPS) is 27.2. The summed E-state index contributed by atoms with van der Waals surface area (Å²) >= 11 is 0. The molecule has 1 aliphatic heterocycles. The summed E-state index contributed by atoms with van der Waals surface area (Å²) in [5.74, 6) is 1.92. The van der Waals surface area contributed by atoms with Gasteiger partial charge in [-0.2, -0.15) is 0 Å². The Balaban J connectivity index is 2.01. The Labute approximate surface area is 152 Å². The van der Waals surface area contributed by atoms with Crippen LogP contribution in [0.5, 0.6) is 0 Å². The molecule has 0 amide bonds. The zero-order valence-corrected chi connectivity index (χ0v) is 15.9. The van der Waals surface area contributed by atoms with Crippen LogP contribution in [-0.4, -0.2) is 23.4 Å². The summed E-state index contributed by atoms with van der Waals surface area (Å²) < 4.78 is 5.56. The molecule has 0 N–H and O–H groups in total. The molecule has 1 atom stereocenters. The van der Waals surface area contributed by atoms with Crippen molar-refractivity contribution in [2.45, 2.75) is 51.2 Å². The summed E-state index contributed by atoms with van der Waals surface area (Å²) in [6.45, 7) is 2.26. The summed E-state index contributed by atoms with van der Waals surface area (Å²) in [6, 6.07) is 10.2. The van der Waals surface area contributed by atoms with Gasteiger partial charge in [0.1, 0.15) is 0 Å². The van der Waals surface area contributed by atoms with Gasteiger partial charge in [-0.05, 0) is 48.0 Å². The largest absolute Gasteiger partial charge is 0.459 e. The maximum absolute atomic E-state index is 13.1. The molecule has 3 rings (SSSR count). The predicted molar refractivity (Wildman–Crippen MR) is 104 cm³/mol. The summed E-state index contributed by atoms with van der Waals surface area (Å²) in [4.78, 5) is 26.5. The number of ketones is 1. The Bertz CT molecular complexity index is 646. The van der Waals surface area contributed by atoms with Gasteiger partial charge < -0.3 is 4.74 Å². The lowest BCUT2D eigenvalue weighted by Gasteiger charge is -2.45. The second kappa shape index (κ2) is 8.22. The van der Waals surface area contributed by atoms with Gasteiger partial charge in [0.25, 0.3) is 0 Å². The average Bonchev–Trinajstić information content (AvgIpc) is 2.65. The van der Waals surface area contributed by atoms with Crippen molar-refractivity contribution in [1.29, 1.82) is 0 Å². The third-order valence-electron chi connectivity index (χ3n) is 5.30. The Morgan fingerprint density at radius 3 is 2.56 bits per heavy atom. The van der Waals surface area contributed by atoms with E-state index in [1.807, 2.05) is 31.2 Å². The third-order valence-corrected chi connectivity index (χ3v) is 9.13. The molecule has 1 heterocycles. The van der Waals surface area contributed by atoms with Crippen molar-refractivity contribution < 1.29 is 14.3 Å². The van der Waals surface area contributed by atoms with Crippen molar-refractivity contribution in [3.63, 3.8) is 0 Å². The van der Waals surface area contributed by atoms with Gasteiger partial charge in [0.2, 0.25) is 0 Å². The molecular weight excluding hydrogens is 332 g/mol. The van der Waals surface area contributed by atoms with E-state index in [9.17, 15) is 9.59 Å². The molecule has 0 spiro atoms. The molecule has 136 valence electrons. The molecule has 1 unspecified atom stereocenters. The predicted octanol–water partition coefficient (Wildman–Crippen LogP) is 5.58. The van der Waals surface area contributed by atoms with Crippen LogP contribution in [0.2, 0.25) is 0 Å². The number of rotatable bonds is 4. The number of carbonyl (C=O) groups is 2. The van der Waals surface area contributed by atoms with Crippen LogP contribution in [-0.2, 0) is 15.3 Å². The zero-order chi connectivity index (χ0) is 17.7. The smallest absolute Gasteiger partial charge is 0.353 e. The second-order valence-corrected chi connectivity index (χ2v) is 10.3. The highest BCUT2D eigenvalue weighted by Crippen LogP contribution is 2.65. The van der Waals surface area contributed by atoms with Crippen LogP contribution in [0.1, 0.15) is 51.0 Å². The van der Waals surface area contributed by atoms with E-state index in [4.69, 9.17) is 4.74 Å². The first-order valence-electron chi connectivity index (χ1n) is 9.39. The SMILES string of the molecule is CCOC(=O)S1(Cc2ccccc2)CCC(=O)C=C1C1CCCCC1. The van der Waals surface area contributed by atoms with Crippen molar-refractivity contribution in [2.75, 3.05) is 12.4 Å². The lowest BCUT2D eigenvalue weighted by molar-refractivity contribution is -0.114. The highest BCUT2D eigenvalue weighted by atomic mass is 32.3. The Morgan fingerprint density at radius 2 is 1.88 bits per heavy atom. The van der Waals surface area contributed by atoms with E-state index in [2.05, 4.69) is 12.1 Å². The molecule has 25 heavy (non-hydrogen) atoms. The lowest BCUT2D eigenvalue weighted by atomic mass is 9.88. The molecule has 0 aromatic heterocycles. The minimum atomic E-state index is -1.79. The van der Waals surface area contributed by atoms with Crippen LogP contribution in [0.25, 0.3) is 0 Å². The molecule has 1 aromatic carbocycles. The summed E-state index contributed by atoms with van der Waals surface area (Å²) in [6.07, 6.45) is 8.15. The van der Waals surface area contributed by atoms with E-state index in [1.54, 1.807) is 0 Å². The van der Waals surface area contributed by atoms with E-state index in [0.717, 1.165) is 17.7 Å². The molecular formula is C21H28O3S. The highest BCUT2D eigenvalue weighted by molar-refractivity contribution is 8.47. The van der Waals surface area contributed by atoms with Crippen molar-refractivity contribution in [3.05, 3.63) is 46.9 Å². The molecule has 4 heteroatoms. The molecule has 1 saturated carbocycles. The Morgan fingerprint density at radius 1 is 1.16 bits per heavy atom. The van der Waals surface area contributed by atoms with Crippen molar-refractivity contribution in [1.82, 2.24) is 0 Å². The molecule has 0 bridgehead atoms. The van der Waals surface area contributed by atoms with Crippen molar-refractivity contribution in [2.24, 2.45) is 5.92 Å². The van der Waals surface area contributed by atoms with Gasteiger partial charge in [-0.3, -0.25) is 4.79 Å². The molecule has 0 radical (unpaired) electrons. The average molecular weight is 361 g/mol. The van der Waals surface area contributed by atoms with Gasteiger partial charge in [0.05, 0.1) is 6.61 Å². The second-order valence-electron chi connectivity index (χ2n) is 7.00. The quantitative estimate of drug-likeness (QED) is 0.658. The van der Waals surface area contributed by atoms with E-state index in [-0.39, 0.29) is 11.1 Å². The molecule has 2 aliphatic rings. The fourth-order valence-corrected chi connectivity index (χ4v) is 7.95. The maximum atomic E-state index is 13.1. The van der Waals surface area contributed by atoms with Crippen LogP contribution in [0, 0.1) is 5.92 Å². The minimum absolute atomic E-state index is 0.0665. The van der Waals surface area contributed by atoms with E-state index in [0.29, 0.717) is 30.5 Å². The van der Waals surface area contributed by atoms with Crippen LogP contribution in [0.15, 0.2) is 41.3 Å². The van der Waals surface area contributed by atoms with Crippen LogP contribution in [0.3, 0.4) is 0 Å². The zero-order valence-electron chi connectivity index (χ0n) is 15.0. The summed E-state index contributed by atoms with van der Waals surface area (Å²) in [5.41, 5.74) is 1.17. The van der Waals surface area contributed by atoms with Gasteiger partial charge in [-0.25, -0.2) is 4.79 Å². The molecule has 3 nitrogen and oxygen atoms in total. The Kier molecular flexibility index (Phi) is 6.00. The molecule has 1 aromatic rings. The van der Waals surface area contributed by atoms with Crippen LogP contribution < -0.4 is 0 Å². The molecule has 0 saturated heterocycles. The fraction of sp³-hybridized carbons (Fsp3) is 0.524. The minimum Gasteiger partial charge on any atom is -0.459 e. The van der Waals surface area contributed by atoms with Crippen molar-refractivity contribution in [3.8, 4) is 0 Å². The lowest BCUT2D eigenvalue weighted by Crippen LogP contribution is -2.30. The van der Waals surface area contributed by atoms with Gasteiger partial charge in [-0.15, -0.1) is 10.0 Å². The number of allylic oxidation sites excluding steroid dienone is 2. The number of hydrogen-bond acceptors (Lipinski definition) is 3. The topological polar surface area (TPSA) is 43.4 Å². The monoisotopic (exact) mass is 360 g/mol. The Hall–Kier alpha value is -1.55. The van der Waals surface area contributed by atoms with Gasteiger partial charge >= 0.3 is 5.30 Å². The van der Waals surface area contributed by atoms with E-state index >= 15 is 0 Å². The first-order valence-corrected chi connectivity index (χ1v) is 11.4. The van der Waals surface area contributed by atoms with Gasteiger partial charge in [0, 0.05) is 12.2 Å². The number of benzene rings is 1. The summed E-state index contributed by atoms with van der Waals surface area (Å²) in [7, 11) is -1.79. The molecule has 1 fully saturated rings. The number of carbonyl (C=O) groups excluding carboxylic acids is 2. The fourth-order valence-electron chi connectivity index (χ4n) is 4.04. The van der Waals surface area contributed by atoms with Crippen molar-refractivity contribution >= 4 is 21.1 Å². The first-order chi connectivity index (χ1) is 12.2. The third kappa shape index (κ3) is 4.00. The maximum Gasteiger partial charge on any atom is 0.353 e. The molecule has 1 aliphatic carbocycles. The van der Waals surface area contributed by atoms with Crippen LogP contribution in [0.4, 0.5) is 4.79 Å². The van der Waals surface area contributed by atoms with Crippen LogP contribution >= 0.6 is 10.0 Å². The van der Waals surface area contributed by atoms with E-state index < -0.39 is 10.0 Å². The first kappa shape index (κ1) is 18.2. The van der Waals surface area contributed by atoms with E-state index in [1.165, 1.54) is 24.8 Å². The number of hydrogen-bond donors (Lipinski definition) is 0. The number of ether oxygens (including phenoxy) is 1. The van der Waals surface area contributed by atoms with Gasteiger partial charge in [0.15, 0.2) is 5.78 Å². The summed E-state index contributed by atoms with van der Waals surface area (Å²) in [5, 5.41) is -0.0665. The van der Waals surface area contributed by atoms with Gasteiger partial charge in [-0.1, -0.05) is 49.6 Å². The standard InChI is InChI=1S/C21H28O3S/c1-2-24-21(23)25(16-17-9-5-3-6-10-17)14-13-19(22)15-20(25)18-11-7-4-8-12-18/h3,5-6,9-10,15,18H,2,4,7-8,11-14,16H2,1H3.